The average Bonchev–Trinajstić information content (AvgIpc) is 3.63. The molecule has 1 saturated heterocycles. The lowest BCUT2D eigenvalue weighted by Gasteiger charge is -2.32. The molecule has 0 aliphatic carbocycles. The number of imidazole rings is 1. The second-order valence-electron chi connectivity index (χ2n) is 11.2. The van der Waals surface area contributed by atoms with Crippen molar-refractivity contribution in [3.05, 3.63) is 113 Å². The Balaban J connectivity index is 0.000000757. The molecule has 3 aromatic heterocycles. The first-order valence-electron chi connectivity index (χ1n) is 15.8. The zero-order valence-electron chi connectivity index (χ0n) is 27.0. The van der Waals surface area contributed by atoms with Crippen LogP contribution in [0.4, 0.5) is 0 Å². The second kappa shape index (κ2) is 14.3. The Bertz CT molecular complexity index is 1930. The molecule has 4 heterocycles. The van der Waals surface area contributed by atoms with Gasteiger partial charge in [-0.25, -0.2) is 14.8 Å². The third-order valence-electron chi connectivity index (χ3n) is 8.24. The number of H-pyrrole nitrogens is 2. The molecule has 1 aliphatic heterocycles. The molecule has 8 nitrogen and oxygen atoms in total. The van der Waals surface area contributed by atoms with Crippen molar-refractivity contribution in [3.63, 3.8) is 0 Å². The van der Waals surface area contributed by atoms with Gasteiger partial charge in [0.05, 0.1) is 34.1 Å². The van der Waals surface area contributed by atoms with Crippen LogP contribution in [0.1, 0.15) is 56.6 Å². The molecule has 3 aromatic carbocycles. The molecule has 6 aromatic rings. The van der Waals surface area contributed by atoms with Crippen LogP contribution >= 0.6 is 0 Å². The second-order valence-corrected chi connectivity index (χ2v) is 11.2. The number of piperidine rings is 1. The Morgan fingerprint density at radius 3 is 2.11 bits per heavy atom. The molecule has 8 heteroatoms. The van der Waals surface area contributed by atoms with E-state index in [0.29, 0.717) is 0 Å². The molecule has 0 atom stereocenters. The highest BCUT2D eigenvalue weighted by molar-refractivity contribution is 5.95. The van der Waals surface area contributed by atoms with Gasteiger partial charge in [-0.15, -0.1) is 6.58 Å². The number of rotatable bonds is 5. The van der Waals surface area contributed by atoms with Gasteiger partial charge in [-0.3, -0.25) is 14.6 Å². The molecule has 1 aliphatic rings. The minimum absolute atomic E-state index is 0.0182. The van der Waals surface area contributed by atoms with E-state index in [4.69, 9.17) is 9.97 Å². The van der Waals surface area contributed by atoms with Crippen molar-refractivity contribution in [1.29, 1.82) is 0 Å². The van der Waals surface area contributed by atoms with Crippen LogP contribution in [-0.2, 0) is 6.54 Å². The number of fused-ring (bicyclic) bond motifs is 2. The quantitative estimate of drug-likeness (QED) is 0.195. The van der Waals surface area contributed by atoms with E-state index in [9.17, 15) is 4.79 Å². The lowest BCUT2D eigenvalue weighted by Crippen LogP contribution is -2.37. The Morgan fingerprint density at radius 1 is 0.911 bits per heavy atom. The van der Waals surface area contributed by atoms with E-state index in [1.165, 1.54) is 5.56 Å². The van der Waals surface area contributed by atoms with Crippen molar-refractivity contribution in [3.8, 4) is 22.5 Å². The molecule has 0 saturated carbocycles. The Morgan fingerprint density at radius 2 is 1.51 bits per heavy atom. The number of aryl methyl sites for hydroxylation is 1. The largest absolute Gasteiger partial charge is 0.326 e. The summed E-state index contributed by atoms with van der Waals surface area (Å²) < 4.78 is 1.95. The minimum Gasteiger partial charge on any atom is -0.310 e. The first kappa shape index (κ1) is 31.6. The van der Waals surface area contributed by atoms with Gasteiger partial charge in [-0.1, -0.05) is 74.5 Å². The summed E-state index contributed by atoms with van der Waals surface area (Å²) in [6.45, 7) is 16.1. The Hall–Kier alpha value is -4.82. The van der Waals surface area contributed by atoms with Crippen LogP contribution in [0.3, 0.4) is 0 Å². The average molecular weight is 602 g/mol. The predicted molar refractivity (Wildman–Crippen MR) is 185 cm³/mol. The van der Waals surface area contributed by atoms with Crippen LogP contribution in [0, 0.1) is 13.8 Å². The van der Waals surface area contributed by atoms with Crippen molar-refractivity contribution in [1.82, 2.24) is 34.6 Å². The fourth-order valence-electron chi connectivity index (χ4n) is 5.94. The molecule has 0 spiro atoms. The number of hydrogen-bond donors (Lipinski definition) is 2. The van der Waals surface area contributed by atoms with Crippen LogP contribution in [-0.4, -0.2) is 47.7 Å². The highest BCUT2D eigenvalue weighted by Gasteiger charge is 2.24. The zero-order valence-corrected chi connectivity index (χ0v) is 27.0. The van der Waals surface area contributed by atoms with Crippen molar-refractivity contribution in [2.45, 2.75) is 60.0 Å². The minimum atomic E-state index is 0.0182. The number of nitrogens with zero attached hydrogens (tertiary/aromatic N) is 5. The zero-order chi connectivity index (χ0) is 31.9. The summed E-state index contributed by atoms with van der Waals surface area (Å²) in [4.78, 5) is 28.0. The molecule has 7 rings (SSSR count). The maximum absolute atomic E-state index is 12.4. The van der Waals surface area contributed by atoms with E-state index in [2.05, 4.69) is 63.1 Å². The van der Waals surface area contributed by atoms with Crippen LogP contribution < -0.4 is 5.69 Å². The summed E-state index contributed by atoms with van der Waals surface area (Å²) >= 11 is 0. The highest BCUT2D eigenvalue weighted by Crippen LogP contribution is 2.32. The fourth-order valence-corrected chi connectivity index (χ4v) is 5.94. The molecule has 1 fully saturated rings. The van der Waals surface area contributed by atoms with E-state index in [-0.39, 0.29) is 11.7 Å². The lowest BCUT2D eigenvalue weighted by atomic mass is 10.0. The number of nitrogens with one attached hydrogen (secondary N) is 2. The lowest BCUT2D eigenvalue weighted by molar-refractivity contribution is 0.177. The summed E-state index contributed by atoms with van der Waals surface area (Å²) in [5, 5.41) is 8.23. The maximum atomic E-state index is 12.4. The van der Waals surface area contributed by atoms with Gasteiger partial charge in [-0.2, -0.15) is 5.10 Å². The number of hydrogen-bond acceptors (Lipinski definition) is 5. The van der Waals surface area contributed by atoms with Gasteiger partial charge in [0, 0.05) is 53.6 Å². The van der Waals surface area contributed by atoms with E-state index < -0.39 is 0 Å². The van der Waals surface area contributed by atoms with Crippen molar-refractivity contribution in [2.75, 3.05) is 13.1 Å². The van der Waals surface area contributed by atoms with Crippen LogP contribution in [0.15, 0.2) is 90.4 Å². The first-order valence-corrected chi connectivity index (χ1v) is 15.8. The number of aromatic nitrogens is 6. The molecular formula is C37H43N7O. The van der Waals surface area contributed by atoms with E-state index in [1.54, 1.807) is 6.08 Å². The van der Waals surface area contributed by atoms with Gasteiger partial charge >= 0.3 is 5.69 Å². The van der Waals surface area contributed by atoms with E-state index >= 15 is 0 Å². The summed E-state index contributed by atoms with van der Waals surface area (Å²) in [6.07, 6.45) is 5.52. The molecule has 232 valence electrons. The Kier molecular flexibility index (Phi) is 10.0. The van der Waals surface area contributed by atoms with Gasteiger partial charge < -0.3 is 4.98 Å². The van der Waals surface area contributed by atoms with Crippen molar-refractivity contribution in [2.24, 2.45) is 0 Å². The normalized spacial score (nSPS) is 13.6. The standard InChI is InChI=1S/C32H31N7O.C3H6.C2H6/c1-20-21(2)39(32(40)34-20)26-12-14-38(15-13-26)19-22-8-10-24(11-9-22)31-30(23-6-4-3-5-7-23)35-28-16-25-18-33-37-27(25)17-29(28)36-31;1-3-2;1-2/h3-11,16-18,26H,12-15,19H2,1-2H3,(H,33,37)(H,34,40);3H,1H2,2H3;1-2H3. The summed E-state index contributed by atoms with van der Waals surface area (Å²) in [5.41, 5.74) is 9.76. The molecule has 0 bridgehead atoms. The predicted octanol–water partition coefficient (Wildman–Crippen LogP) is 8.00. The fraction of sp³-hybridized carbons (Fsp3) is 0.297. The maximum Gasteiger partial charge on any atom is 0.326 e. The molecule has 45 heavy (non-hydrogen) atoms. The number of benzene rings is 3. The van der Waals surface area contributed by atoms with Gasteiger partial charge in [-0.05, 0) is 51.3 Å². The Labute approximate surface area is 264 Å². The van der Waals surface area contributed by atoms with Gasteiger partial charge in [0.25, 0.3) is 0 Å². The van der Waals surface area contributed by atoms with Crippen molar-refractivity contribution < 1.29 is 0 Å². The molecular weight excluding hydrogens is 558 g/mol. The monoisotopic (exact) mass is 601 g/mol. The van der Waals surface area contributed by atoms with Gasteiger partial charge in [0.2, 0.25) is 0 Å². The van der Waals surface area contributed by atoms with Gasteiger partial charge in [0.15, 0.2) is 0 Å². The summed E-state index contributed by atoms with van der Waals surface area (Å²) in [5.74, 6) is 0. The molecule has 2 N–H and O–H groups in total. The summed E-state index contributed by atoms with van der Waals surface area (Å²) in [6, 6.07) is 23.3. The van der Waals surface area contributed by atoms with Crippen molar-refractivity contribution >= 4 is 21.9 Å². The molecule has 0 amide bonds. The van der Waals surface area contributed by atoms with Crippen LogP contribution in [0.2, 0.25) is 0 Å². The number of aromatic amines is 2. The number of likely N-dealkylation sites (tertiary alicyclic amines) is 1. The third-order valence-corrected chi connectivity index (χ3v) is 8.24. The van der Waals surface area contributed by atoms with E-state index in [0.717, 1.165) is 88.3 Å². The smallest absolute Gasteiger partial charge is 0.310 e. The third kappa shape index (κ3) is 6.81. The SMILES string of the molecule is C=CC.CC.Cc1[nH]c(=O)n(C2CCN(Cc3ccc(-c4nc5cc6[nH]ncc6cc5nc4-c4ccccc4)cc3)CC2)c1C. The molecule has 0 radical (unpaired) electrons. The highest BCUT2D eigenvalue weighted by atomic mass is 16.1. The summed E-state index contributed by atoms with van der Waals surface area (Å²) in [7, 11) is 0. The topological polar surface area (TPSA) is 95.5 Å². The van der Waals surface area contributed by atoms with Crippen LogP contribution in [0.25, 0.3) is 44.5 Å². The van der Waals surface area contributed by atoms with Gasteiger partial charge in [0.1, 0.15) is 0 Å². The first-order chi connectivity index (χ1) is 21.9. The molecule has 0 unspecified atom stereocenters. The number of allylic oxidation sites excluding steroid dienone is 1. The van der Waals surface area contributed by atoms with E-state index in [1.807, 2.05) is 75.7 Å². The van der Waals surface area contributed by atoms with Crippen LogP contribution in [0.5, 0.6) is 0 Å².